The molecule has 0 amide bonds. The van der Waals surface area contributed by atoms with E-state index in [9.17, 15) is 4.57 Å². The molecule has 0 saturated carbocycles. The molecule has 19 heavy (non-hydrogen) atoms. The van der Waals surface area contributed by atoms with Gasteiger partial charge >= 0.3 is 7.82 Å². The first-order valence-electron chi connectivity index (χ1n) is 5.48. The minimum Gasteiger partial charge on any atom is -0.303 e. The fourth-order valence-electron chi connectivity index (χ4n) is 1.74. The van der Waals surface area contributed by atoms with Crippen LogP contribution in [0.25, 0.3) is 0 Å². The minimum absolute atomic E-state index is 0.450. The van der Waals surface area contributed by atoms with E-state index in [0.29, 0.717) is 11.1 Å². The monoisotopic (exact) mass is 298 g/mol. The molecule has 0 aliphatic heterocycles. The van der Waals surface area contributed by atoms with Gasteiger partial charge in [-0.2, -0.15) is 0 Å². The minimum atomic E-state index is -4.75. The largest absolute Gasteiger partial charge is 0.471 e. The van der Waals surface area contributed by atoms with Crippen molar-refractivity contribution in [1.82, 2.24) is 0 Å². The third-order valence-electron chi connectivity index (χ3n) is 2.53. The molecule has 2 aromatic carbocycles. The van der Waals surface area contributed by atoms with E-state index in [4.69, 9.17) is 25.9 Å². The molecule has 0 spiro atoms. The zero-order valence-corrected chi connectivity index (χ0v) is 11.5. The highest BCUT2D eigenvalue weighted by molar-refractivity contribution is 7.46. The van der Waals surface area contributed by atoms with Gasteiger partial charge in [0.2, 0.25) is 5.06 Å². The molecule has 0 bridgehead atoms. The molecule has 100 valence electrons. The summed E-state index contributed by atoms with van der Waals surface area (Å²) < 4.78 is 16.0. The Morgan fingerprint density at radius 2 is 1.26 bits per heavy atom. The molecule has 0 saturated heterocycles. The van der Waals surface area contributed by atoms with Gasteiger partial charge in [-0.05, 0) is 0 Å². The normalized spacial score (nSPS) is 12.4. The quantitative estimate of drug-likeness (QED) is 0.672. The van der Waals surface area contributed by atoms with Gasteiger partial charge in [-0.15, -0.1) is 0 Å². The van der Waals surface area contributed by atoms with E-state index in [0.717, 1.165) is 0 Å². The molecule has 0 unspecified atom stereocenters. The third-order valence-corrected chi connectivity index (χ3v) is 3.67. The Hall–Kier alpha value is -1.16. The number of phosphoric acid groups is 1. The molecular weight excluding hydrogens is 287 g/mol. The number of hydrogen-bond donors (Lipinski definition) is 2. The summed E-state index contributed by atoms with van der Waals surface area (Å²) in [5.41, 5.74) is 0.900. The second-order valence-corrected chi connectivity index (χ2v) is 5.61. The van der Waals surface area contributed by atoms with Gasteiger partial charge in [0, 0.05) is 11.1 Å². The van der Waals surface area contributed by atoms with E-state index in [1.165, 1.54) is 0 Å². The van der Waals surface area contributed by atoms with Crippen molar-refractivity contribution < 1.29 is 18.9 Å². The summed E-state index contributed by atoms with van der Waals surface area (Å²) in [5.74, 6) is 0. The summed E-state index contributed by atoms with van der Waals surface area (Å²) in [6.07, 6.45) is 0. The summed E-state index contributed by atoms with van der Waals surface area (Å²) in [6.45, 7) is 0. The molecule has 0 fully saturated rings. The highest BCUT2D eigenvalue weighted by atomic mass is 35.5. The van der Waals surface area contributed by atoms with Crippen molar-refractivity contribution in [2.24, 2.45) is 0 Å². The van der Waals surface area contributed by atoms with Gasteiger partial charge in [-0.1, -0.05) is 72.3 Å². The maximum atomic E-state index is 11.2. The SMILES string of the molecule is O=P(O)(O)OC(Cl)(c1ccccc1)c1ccccc1. The Balaban J connectivity index is 2.54. The van der Waals surface area contributed by atoms with Gasteiger partial charge in [-0.3, -0.25) is 4.52 Å². The van der Waals surface area contributed by atoms with Crippen molar-refractivity contribution in [1.29, 1.82) is 0 Å². The van der Waals surface area contributed by atoms with Gasteiger partial charge in [0.25, 0.3) is 0 Å². The van der Waals surface area contributed by atoms with Crippen LogP contribution >= 0.6 is 19.4 Å². The lowest BCUT2D eigenvalue weighted by Gasteiger charge is -2.28. The average Bonchev–Trinajstić information content (AvgIpc) is 2.39. The topological polar surface area (TPSA) is 66.8 Å². The lowest BCUT2D eigenvalue weighted by atomic mass is 10.0. The van der Waals surface area contributed by atoms with Gasteiger partial charge < -0.3 is 9.79 Å². The first-order valence-corrected chi connectivity index (χ1v) is 7.39. The van der Waals surface area contributed by atoms with Crippen molar-refractivity contribution in [3.63, 3.8) is 0 Å². The zero-order valence-electron chi connectivity index (χ0n) is 9.81. The van der Waals surface area contributed by atoms with Gasteiger partial charge in [-0.25, -0.2) is 4.57 Å². The zero-order chi connectivity index (χ0) is 13.9. The van der Waals surface area contributed by atoms with Crippen LogP contribution in [-0.4, -0.2) is 9.79 Å². The van der Waals surface area contributed by atoms with Crippen LogP contribution in [0.2, 0.25) is 0 Å². The van der Waals surface area contributed by atoms with Crippen LogP contribution < -0.4 is 0 Å². The number of benzene rings is 2. The first-order chi connectivity index (χ1) is 8.92. The third kappa shape index (κ3) is 3.44. The van der Waals surface area contributed by atoms with E-state index in [1.807, 2.05) is 0 Å². The molecule has 2 aromatic rings. The smallest absolute Gasteiger partial charge is 0.303 e. The lowest BCUT2D eigenvalue weighted by Crippen LogP contribution is -2.23. The Morgan fingerprint density at radius 1 is 0.895 bits per heavy atom. The number of hydrogen-bond acceptors (Lipinski definition) is 2. The predicted octanol–water partition coefficient (Wildman–Crippen LogP) is 3.24. The molecule has 6 heteroatoms. The van der Waals surface area contributed by atoms with Gasteiger partial charge in [0.1, 0.15) is 0 Å². The average molecular weight is 299 g/mol. The van der Waals surface area contributed by atoms with Crippen LogP contribution in [0, 0.1) is 0 Å². The molecule has 4 nitrogen and oxygen atoms in total. The first kappa shape index (κ1) is 14.3. The Kier molecular flexibility index (Phi) is 4.09. The van der Waals surface area contributed by atoms with Crippen LogP contribution in [0.4, 0.5) is 0 Å². The van der Waals surface area contributed by atoms with Crippen molar-refractivity contribution in [2.75, 3.05) is 0 Å². The van der Waals surface area contributed by atoms with Crippen molar-refractivity contribution in [2.45, 2.75) is 5.06 Å². The van der Waals surface area contributed by atoms with Gasteiger partial charge in [0.15, 0.2) is 0 Å². The lowest BCUT2D eigenvalue weighted by molar-refractivity contribution is 0.129. The molecule has 0 aromatic heterocycles. The molecule has 2 rings (SSSR count). The molecule has 0 aliphatic rings. The van der Waals surface area contributed by atoms with Crippen molar-refractivity contribution in [3.8, 4) is 0 Å². The molecule has 0 atom stereocenters. The van der Waals surface area contributed by atoms with Crippen LogP contribution in [0.15, 0.2) is 60.7 Å². The maximum absolute atomic E-state index is 11.2. The van der Waals surface area contributed by atoms with Crippen LogP contribution in [-0.2, 0) is 14.1 Å². The Morgan fingerprint density at radius 3 is 1.58 bits per heavy atom. The second-order valence-electron chi connectivity index (χ2n) is 3.91. The number of halogens is 1. The Bertz CT molecular complexity index is 543. The number of rotatable bonds is 4. The summed E-state index contributed by atoms with van der Waals surface area (Å²) in [5, 5.41) is -1.72. The number of alkyl halides is 1. The van der Waals surface area contributed by atoms with Crippen LogP contribution in [0.5, 0.6) is 0 Å². The summed E-state index contributed by atoms with van der Waals surface area (Å²) in [6, 6.07) is 17.0. The fourth-order valence-corrected chi connectivity index (χ4v) is 2.80. The second kappa shape index (κ2) is 5.45. The maximum Gasteiger partial charge on any atom is 0.471 e. The standard InChI is InChI=1S/C13H12ClO4P/c14-13(18-19(15,16)17,11-7-3-1-4-8-11)12-9-5-2-6-10-12/h1-10H,(H2,15,16,17). The molecule has 2 N–H and O–H groups in total. The Labute approximate surface area is 115 Å². The predicted molar refractivity (Wildman–Crippen MR) is 72.6 cm³/mol. The van der Waals surface area contributed by atoms with Crippen molar-refractivity contribution >= 4 is 19.4 Å². The van der Waals surface area contributed by atoms with E-state index < -0.39 is 12.9 Å². The number of phosphoric ester groups is 1. The summed E-state index contributed by atoms with van der Waals surface area (Å²) in [7, 11) is -4.75. The van der Waals surface area contributed by atoms with E-state index in [-0.39, 0.29) is 0 Å². The van der Waals surface area contributed by atoms with E-state index in [2.05, 4.69) is 0 Å². The molecular formula is C13H12ClO4P. The molecule has 0 heterocycles. The van der Waals surface area contributed by atoms with E-state index >= 15 is 0 Å². The van der Waals surface area contributed by atoms with Gasteiger partial charge in [0.05, 0.1) is 0 Å². The summed E-state index contributed by atoms with van der Waals surface area (Å²) >= 11 is 6.36. The summed E-state index contributed by atoms with van der Waals surface area (Å²) in [4.78, 5) is 18.2. The fraction of sp³-hybridized carbons (Fsp3) is 0.0769. The highest BCUT2D eigenvalue weighted by Crippen LogP contribution is 2.50. The molecule has 0 radical (unpaired) electrons. The highest BCUT2D eigenvalue weighted by Gasteiger charge is 2.39. The van der Waals surface area contributed by atoms with Crippen LogP contribution in [0.1, 0.15) is 11.1 Å². The van der Waals surface area contributed by atoms with Crippen LogP contribution in [0.3, 0.4) is 0 Å². The van der Waals surface area contributed by atoms with E-state index in [1.54, 1.807) is 60.7 Å². The van der Waals surface area contributed by atoms with Crippen molar-refractivity contribution in [3.05, 3.63) is 71.8 Å². The molecule has 0 aliphatic carbocycles.